The predicted octanol–water partition coefficient (Wildman–Crippen LogP) is 2.81. The smallest absolute Gasteiger partial charge is 0.256 e. The number of hydrogen-bond donors (Lipinski definition) is 0. The number of isocyanates is 1. The van der Waals surface area contributed by atoms with Crippen molar-refractivity contribution in [1.82, 2.24) is 0 Å². The Morgan fingerprint density at radius 2 is 1.93 bits per heavy atom. The minimum Gasteiger partial charge on any atom is -0.272 e. The summed E-state index contributed by atoms with van der Waals surface area (Å²) < 4.78 is 0. The van der Waals surface area contributed by atoms with Gasteiger partial charge in [0.25, 0.3) is 5.91 Å². The lowest BCUT2D eigenvalue weighted by atomic mass is 10.3. The van der Waals surface area contributed by atoms with E-state index in [-0.39, 0.29) is 5.91 Å². The van der Waals surface area contributed by atoms with E-state index in [1.807, 2.05) is 10.8 Å². The van der Waals surface area contributed by atoms with E-state index in [0.29, 0.717) is 6.42 Å². The molecule has 0 spiro atoms. The Bertz CT molecular complexity index is 203. The van der Waals surface area contributed by atoms with E-state index >= 15 is 0 Å². The molecule has 0 bridgehead atoms. The second-order valence-electron chi connectivity index (χ2n) is 2.70. The van der Waals surface area contributed by atoms with Crippen LogP contribution < -0.4 is 0 Å². The van der Waals surface area contributed by atoms with Crippen molar-refractivity contribution in [2.45, 2.75) is 32.6 Å². The van der Waals surface area contributed by atoms with Gasteiger partial charge in [0.1, 0.15) is 0 Å². The molecule has 1 amide bonds. The quantitative estimate of drug-likeness (QED) is 0.280. The SMILES string of the molecule is CCCCSSCCCC(=O)N=C=O. The molecule has 14 heavy (non-hydrogen) atoms. The summed E-state index contributed by atoms with van der Waals surface area (Å²) >= 11 is 0. The van der Waals surface area contributed by atoms with E-state index in [1.165, 1.54) is 24.7 Å². The standard InChI is InChI=1S/C9H15NO2S2/c1-2-3-6-13-14-7-4-5-9(12)10-8-11/h2-7H2,1H3. The maximum atomic E-state index is 10.7. The number of unbranched alkanes of at least 4 members (excludes halogenated alkanes) is 1. The summed E-state index contributed by atoms with van der Waals surface area (Å²) in [7, 11) is 3.62. The van der Waals surface area contributed by atoms with E-state index in [9.17, 15) is 9.59 Å². The first-order valence-corrected chi connectivity index (χ1v) is 7.15. The third kappa shape index (κ3) is 9.84. The summed E-state index contributed by atoms with van der Waals surface area (Å²) in [4.78, 5) is 23.4. The Labute approximate surface area is 92.5 Å². The maximum Gasteiger partial charge on any atom is 0.256 e. The molecule has 0 aliphatic rings. The van der Waals surface area contributed by atoms with Gasteiger partial charge in [-0.2, -0.15) is 0 Å². The highest BCUT2D eigenvalue weighted by atomic mass is 33.1. The first kappa shape index (κ1) is 13.8. The molecular formula is C9H15NO2S2. The predicted molar refractivity (Wildman–Crippen MR) is 62.2 cm³/mol. The van der Waals surface area contributed by atoms with E-state index in [1.54, 1.807) is 10.8 Å². The average Bonchev–Trinajstić information content (AvgIpc) is 2.17. The molecule has 0 saturated heterocycles. The van der Waals surface area contributed by atoms with Crippen LogP contribution in [0.5, 0.6) is 0 Å². The van der Waals surface area contributed by atoms with Gasteiger partial charge in [-0.05, 0) is 12.8 Å². The van der Waals surface area contributed by atoms with Gasteiger partial charge in [-0.1, -0.05) is 34.9 Å². The summed E-state index contributed by atoms with van der Waals surface area (Å²) in [5, 5.41) is 0. The fourth-order valence-corrected chi connectivity index (χ4v) is 3.03. The Balaban J connectivity index is 3.13. The minimum atomic E-state index is -0.362. The second-order valence-corrected chi connectivity index (χ2v) is 5.40. The summed E-state index contributed by atoms with van der Waals surface area (Å²) in [6, 6.07) is 0. The molecule has 0 heterocycles. The highest BCUT2D eigenvalue weighted by Crippen LogP contribution is 2.23. The lowest BCUT2D eigenvalue weighted by Crippen LogP contribution is -1.92. The number of amides is 1. The van der Waals surface area contributed by atoms with Crippen LogP contribution in [0.1, 0.15) is 32.6 Å². The Kier molecular flexibility index (Phi) is 10.6. The zero-order valence-electron chi connectivity index (χ0n) is 8.32. The van der Waals surface area contributed by atoms with Crippen molar-refractivity contribution in [2.75, 3.05) is 11.5 Å². The van der Waals surface area contributed by atoms with Crippen LogP contribution in [0.4, 0.5) is 0 Å². The highest BCUT2D eigenvalue weighted by Gasteiger charge is 1.98. The van der Waals surface area contributed by atoms with Crippen molar-refractivity contribution in [1.29, 1.82) is 0 Å². The van der Waals surface area contributed by atoms with Crippen molar-refractivity contribution in [3.05, 3.63) is 0 Å². The van der Waals surface area contributed by atoms with Crippen LogP contribution in [0.2, 0.25) is 0 Å². The lowest BCUT2D eigenvalue weighted by Gasteiger charge is -1.98. The monoisotopic (exact) mass is 233 g/mol. The van der Waals surface area contributed by atoms with Crippen LogP contribution in [0.25, 0.3) is 0 Å². The van der Waals surface area contributed by atoms with Crippen LogP contribution in [0.3, 0.4) is 0 Å². The third-order valence-corrected chi connectivity index (χ3v) is 4.03. The summed E-state index contributed by atoms with van der Waals surface area (Å²) in [6.45, 7) is 2.17. The van der Waals surface area contributed by atoms with E-state index < -0.39 is 0 Å². The second kappa shape index (κ2) is 10.8. The normalized spacial score (nSPS) is 9.50. The van der Waals surface area contributed by atoms with Crippen LogP contribution in [-0.4, -0.2) is 23.5 Å². The maximum absolute atomic E-state index is 10.7. The molecule has 0 aliphatic carbocycles. The number of aliphatic imine (C=N–C) groups is 1. The van der Waals surface area contributed by atoms with E-state index in [2.05, 4.69) is 11.9 Å². The molecule has 0 aliphatic heterocycles. The molecule has 0 radical (unpaired) electrons. The number of hydrogen-bond acceptors (Lipinski definition) is 4. The lowest BCUT2D eigenvalue weighted by molar-refractivity contribution is -0.117. The van der Waals surface area contributed by atoms with Gasteiger partial charge >= 0.3 is 0 Å². The van der Waals surface area contributed by atoms with Gasteiger partial charge < -0.3 is 0 Å². The topological polar surface area (TPSA) is 46.5 Å². The van der Waals surface area contributed by atoms with Crippen LogP contribution in [0.15, 0.2) is 4.99 Å². The fraction of sp³-hybridized carbons (Fsp3) is 0.778. The summed E-state index contributed by atoms with van der Waals surface area (Å²) in [5.74, 6) is 1.75. The Morgan fingerprint density at radius 1 is 1.29 bits per heavy atom. The van der Waals surface area contributed by atoms with E-state index in [4.69, 9.17) is 0 Å². The summed E-state index contributed by atoms with van der Waals surface area (Å²) in [5.41, 5.74) is 0. The number of rotatable bonds is 8. The Hall–Kier alpha value is -0.250. The van der Waals surface area contributed by atoms with Crippen molar-refractivity contribution < 1.29 is 9.59 Å². The first-order chi connectivity index (χ1) is 6.81. The largest absolute Gasteiger partial charge is 0.272 e. The average molecular weight is 233 g/mol. The molecule has 0 fully saturated rings. The minimum absolute atomic E-state index is 0.358. The molecule has 3 nitrogen and oxygen atoms in total. The van der Waals surface area contributed by atoms with Gasteiger partial charge in [0.2, 0.25) is 6.08 Å². The molecule has 0 N–H and O–H groups in total. The molecule has 0 aromatic rings. The zero-order valence-corrected chi connectivity index (χ0v) is 9.96. The van der Waals surface area contributed by atoms with Crippen LogP contribution in [-0.2, 0) is 9.59 Å². The van der Waals surface area contributed by atoms with Crippen molar-refractivity contribution in [2.24, 2.45) is 4.99 Å². The van der Waals surface area contributed by atoms with Crippen molar-refractivity contribution in [3.8, 4) is 0 Å². The van der Waals surface area contributed by atoms with Gasteiger partial charge in [-0.25, -0.2) is 4.79 Å². The fourth-order valence-electron chi connectivity index (χ4n) is 0.710. The molecule has 0 atom stereocenters. The molecule has 0 saturated carbocycles. The molecule has 0 aromatic carbocycles. The molecule has 0 aromatic heterocycles. The molecule has 0 unspecified atom stereocenters. The van der Waals surface area contributed by atoms with Gasteiger partial charge in [0.05, 0.1) is 0 Å². The van der Waals surface area contributed by atoms with Crippen molar-refractivity contribution in [3.63, 3.8) is 0 Å². The highest BCUT2D eigenvalue weighted by molar-refractivity contribution is 8.76. The van der Waals surface area contributed by atoms with Crippen LogP contribution in [0, 0.1) is 0 Å². The number of carbonyl (C=O) groups excluding carboxylic acids is 2. The van der Waals surface area contributed by atoms with Crippen molar-refractivity contribution >= 4 is 33.6 Å². The molecule has 80 valence electrons. The molecule has 5 heteroatoms. The van der Waals surface area contributed by atoms with Gasteiger partial charge in [-0.15, -0.1) is 4.99 Å². The number of carbonyl (C=O) groups is 1. The van der Waals surface area contributed by atoms with E-state index in [0.717, 1.165) is 12.2 Å². The third-order valence-electron chi connectivity index (χ3n) is 1.45. The number of nitrogens with zero attached hydrogens (tertiary/aromatic N) is 1. The van der Waals surface area contributed by atoms with Crippen LogP contribution >= 0.6 is 21.6 Å². The zero-order chi connectivity index (χ0) is 10.6. The van der Waals surface area contributed by atoms with Gasteiger partial charge in [-0.3, -0.25) is 4.79 Å². The van der Waals surface area contributed by atoms with Gasteiger partial charge in [0, 0.05) is 17.9 Å². The molecule has 0 rings (SSSR count). The molecular weight excluding hydrogens is 218 g/mol. The summed E-state index contributed by atoms with van der Waals surface area (Å²) in [6.07, 6.45) is 4.86. The first-order valence-electron chi connectivity index (χ1n) is 4.66. The Morgan fingerprint density at radius 3 is 2.50 bits per heavy atom. The van der Waals surface area contributed by atoms with Gasteiger partial charge in [0.15, 0.2) is 0 Å².